The lowest BCUT2D eigenvalue weighted by atomic mass is 10.1. The summed E-state index contributed by atoms with van der Waals surface area (Å²) in [5.41, 5.74) is 1.33. The van der Waals surface area contributed by atoms with Crippen molar-refractivity contribution in [2.75, 3.05) is 7.11 Å². The summed E-state index contributed by atoms with van der Waals surface area (Å²) in [6.45, 7) is 0.290. The second-order valence-electron chi connectivity index (χ2n) is 2.46. The molecule has 0 atom stereocenters. The van der Waals surface area contributed by atoms with Crippen molar-refractivity contribution in [2.45, 2.75) is 6.61 Å². The van der Waals surface area contributed by atoms with E-state index in [4.69, 9.17) is 15.9 Å². The molecule has 0 saturated carbocycles. The number of nitrogens with zero attached hydrogens (tertiary/aromatic N) is 1. The van der Waals surface area contributed by atoms with Gasteiger partial charge in [-0.2, -0.15) is 5.26 Å². The molecule has 0 spiro atoms. The molecule has 0 saturated heterocycles. The van der Waals surface area contributed by atoms with Crippen LogP contribution in [0.1, 0.15) is 11.1 Å². The van der Waals surface area contributed by atoms with Gasteiger partial charge < -0.3 is 4.74 Å². The molecule has 1 aromatic rings. The number of hydrogen-bond acceptors (Lipinski definition) is 4. The van der Waals surface area contributed by atoms with E-state index in [-0.39, 0.29) is 0 Å². The third-order valence-electron chi connectivity index (χ3n) is 1.63. The Balaban J connectivity index is 3.00. The van der Waals surface area contributed by atoms with Crippen molar-refractivity contribution in [1.29, 1.82) is 5.26 Å². The molecule has 1 aromatic carbocycles. The van der Waals surface area contributed by atoms with Crippen LogP contribution in [0.4, 0.5) is 0 Å². The maximum Gasteiger partial charge on any atom is 0.136 e. The third-order valence-corrected chi connectivity index (χ3v) is 1.63. The van der Waals surface area contributed by atoms with Gasteiger partial charge in [-0.3, -0.25) is 4.84 Å². The second-order valence-corrected chi connectivity index (χ2v) is 2.46. The van der Waals surface area contributed by atoms with E-state index in [2.05, 4.69) is 4.84 Å². The summed E-state index contributed by atoms with van der Waals surface area (Å²) in [7, 11) is 1.52. The van der Waals surface area contributed by atoms with Crippen LogP contribution in [0.15, 0.2) is 18.2 Å². The molecule has 0 fully saturated rings. The minimum atomic E-state index is 0.290. The van der Waals surface area contributed by atoms with Gasteiger partial charge in [-0.25, -0.2) is 5.90 Å². The van der Waals surface area contributed by atoms with E-state index in [0.717, 1.165) is 5.56 Å². The topological polar surface area (TPSA) is 68.3 Å². The lowest BCUT2D eigenvalue weighted by molar-refractivity contribution is 0.124. The third kappa shape index (κ3) is 2.18. The number of ether oxygens (including phenoxy) is 1. The van der Waals surface area contributed by atoms with Crippen molar-refractivity contribution in [3.05, 3.63) is 29.3 Å². The molecule has 2 N–H and O–H groups in total. The van der Waals surface area contributed by atoms with E-state index in [1.165, 1.54) is 7.11 Å². The molecule has 0 amide bonds. The monoisotopic (exact) mass is 178 g/mol. The van der Waals surface area contributed by atoms with Crippen LogP contribution >= 0.6 is 0 Å². The normalized spacial score (nSPS) is 9.31. The number of hydrogen-bond donors (Lipinski definition) is 1. The zero-order chi connectivity index (χ0) is 9.68. The summed E-state index contributed by atoms with van der Waals surface area (Å²) in [6, 6.07) is 7.22. The molecule has 68 valence electrons. The zero-order valence-corrected chi connectivity index (χ0v) is 7.28. The van der Waals surface area contributed by atoms with Gasteiger partial charge in [-0.15, -0.1) is 0 Å². The van der Waals surface area contributed by atoms with Crippen LogP contribution in [0.3, 0.4) is 0 Å². The van der Waals surface area contributed by atoms with Gasteiger partial charge in [0.25, 0.3) is 0 Å². The quantitative estimate of drug-likeness (QED) is 0.700. The Bertz CT molecular complexity index is 331. The van der Waals surface area contributed by atoms with Gasteiger partial charge in [0, 0.05) is 0 Å². The Morgan fingerprint density at radius 2 is 2.31 bits per heavy atom. The Labute approximate surface area is 76.4 Å². The fourth-order valence-electron chi connectivity index (χ4n) is 1.03. The van der Waals surface area contributed by atoms with Crippen molar-refractivity contribution in [1.82, 2.24) is 0 Å². The van der Waals surface area contributed by atoms with Gasteiger partial charge in [-0.05, 0) is 17.7 Å². The van der Waals surface area contributed by atoms with E-state index >= 15 is 0 Å². The maximum atomic E-state index is 8.74. The van der Waals surface area contributed by atoms with Crippen LogP contribution < -0.4 is 10.6 Å². The van der Waals surface area contributed by atoms with Gasteiger partial charge in [-0.1, -0.05) is 6.07 Å². The lowest BCUT2D eigenvalue weighted by Gasteiger charge is -2.04. The molecule has 4 nitrogen and oxygen atoms in total. The number of rotatable bonds is 3. The number of benzene rings is 1. The van der Waals surface area contributed by atoms with Gasteiger partial charge in [0.05, 0.1) is 19.3 Å². The van der Waals surface area contributed by atoms with Gasteiger partial charge in [0.15, 0.2) is 0 Å². The molecule has 0 bridgehead atoms. The van der Waals surface area contributed by atoms with Crippen molar-refractivity contribution >= 4 is 0 Å². The van der Waals surface area contributed by atoms with Crippen LogP contribution in [-0.2, 0) is 11.4 Å². The molecule has 0 aromatic heterocycles. The van der Waals surface area contributed by atoms with Crippen LogP contribution in [0.25, 0.3) is 0 Å². The first kappa shape index (κ1) is 9.52. The summed E-state index contributed by atoms with van der Waals surface area (Å²) in [5.74, 6) is 5.47. The van der Waals surface area contributed by atoms with E-state index in [0.29, 0.717) is 17.9 Å². The van der Waals surface area contributed by atoms with Crippen LogP contribution in [0.2, 0.25) is 0 Å². The average molecular weight is 178 g/mol. The average Bonchev–Trinajstić information content (AvgIpc) is 2.18. The molecule has 0 radical (unpaired) electrons. The number of nitriles is 1. The molecule has 0 aliphatic rings. The summed E-state index contributed by atoms with van der Waals surface area (Å²) < 4.78 is 4.97. The largest absolute Gasteiger partial charge is 0.495 e. The summed E-state index contributed by atoms with van der Waals surface area (Å²) in [4.78, 5) is 4.45. The molecular formula is C9H10N2O2. The molecule has 0 unspecified atom stereocenters. The highest BCUT2D eigenvalue weighted by Crippen LogP contribution is 2.18. The van der Waals surface area contributed by atoms with Gasteiger partial charge >= 0.3 is 0 Å². The molecule has 0 heterocycles. The van der Waals surface area contributed by atoms with Crippen LogP contribution in [-0.4, -0.2) is 7.11 Å². The predicted molar refractivity (Wildman–Crippen MR) is 46.7 cm³/mol. The standard InChI is InChI=1S/C9H10N2O2/c1-12-9-3-2-7(6-13-11)4-8(9)5-10/h2-4H,6,11H2,1H3. The first-order valence-corrected chi connectivity index (χ1v) is 3.70. The molecule has 0 aliphatic heterocycles. The molecule has 4 heteroatoms. The second kappa shape index (κ2) is 4.45. The zero-order valence-electron chi connectivity index (χ0n) is 7.28. The Morgan fingerprint density at radius 1 is 1.54 bits per heavy atom. The van der Waals surface area contributed by atoms with Crippen molar-refractivity contribution in [3.63, 3.8) is 0 Å². The molecule has 0 aliphatic carbocycles. The first-order valence-electron chi connectivity index (χ1n) is 3.70. The number of nitrogens with two attached hydrogens (primary N) is 1. The highest BCUT2D eigenvalue weighted by atomic mass is 16.6. The van der Waals surface area contributed by atoms with Crippen molar-refractivity contribution < 1.29 is 9.57 Å². The van der Waals surface area contributed by atoms with Gasteiger partial charge in [0.1, 0.15) is 11.8 Å². The minimum absolute atomic E-state index is 0.290. The first-order chi connectivity index (χ1) is 6.31. The molecule has 13 heavy (non-hydrogen) atoms. The highest BCUT2D eigenvalue weighted by Gasteiger charge is 2.02. The van der Waals surface area contributed by atoms with Crippen LogP contribution in [0.5, 0.6) is 5.75 Å². The Hall–Kier alpha value is -1.57. The fraction of sp³-hybridized carbons (Fsp3) is 0.222. The van der Waals surface area contributed by atoms with Gasteiger partial charge in [0.2, 0.25) is 0 Å². The van der Waals surface area contributed by atoms with E-state index in [9.17, 15) is 0 Å². The van der Waals surface area contributed by atoms with E-state index in [1.54, 1.807) is 18.2 Å². The van der Waals surface area contributed by atoms with Crippen LogP contribution in [0, 0.1) is 11.3 Å². The fourth-order valence-corrected chi connectivity index (χ4v) is 1.03. The Morgan fingerprint density at radius 3 is 2.85 bits per heavy atom. The Kier molecular flexibility index (Phi) is 3.26. The number of methoxy groups -OCH3 is 1. The lowest BCUT2D eigenvalue weighted by Crippen LogP contribution is -1.99. The van der Waals surface area contributed by atoms with Crippen molar-refractivity contribution in [2.24, 2.45) is 5.90 Å². The summed E-state index contributed by atoms with van der Waals surface area (Å²) in [6.07, 6.45) is 0. The van der Waals surface area contributed by atoms with E-state index in [1.807, 2.05) is 6.07 Å². The van der Waals surface area contributed by atoms with Crippen molar-refractivity contribution in [3.8, 4) is 11.8 Å². The summed E-state index contributed by atoms with van der Waals surface area (Å²) >= 11 is 0. The van der Waals surface area contributed by atoms with E-state index < -0.39 is 0 Å². The molecule has 1 rings (SSSR count). The smallest absolute Gasteiger partial charge is 0.136 e. The predicted octanol–water partition coefficient (Wildman–Crippen LogP) is 0.957. The SMILES string of the molecule is COc1ccc(CON)cc1C#N. The highest BCUT2D eigenvalue weighted by molar-refractivity contribution is 5.45. The maximum absolute atomic E-state index is 8.74. The molecular weight excluding hydrogens is 168 g/mol. The summed E-state index contributed by atoms with van der Waals surface area (Å²) in [5, 5.41) is 8.74. The minimum Gasteiger partial charge on any atom is -0.495 e.